The number of nitrogens with zero attached hydrogens (tertiary/aromatic N) is 4. The molecule has 2 aromatic heterocycles. The van der Waals surface area contributed by atoms with Crippen molar-refractivity contribution in [1.82, 2.24) is 25.3 Å². The Kier molecular flexibility index (Phi) is 3.31. The zero-order chi connectivity index (χ0) is 11.4. The van der Waals surface area contributed by atoms with Gasteiger partial charge in [0.2, 0.25) is 5.89 Å². The van der Waals surface area contributed by atoms with Crippen molar-refractivity contribution in [3.05, 3.63) is 29.7 Å². The summed E-state index contributed by atoms with van der Waals surface area (Å²) in [5, 5.41) is 10.8. The lowest BCUT2D eigenvalue weighted by atomic mass is 10.4. The monoisotopic (exact) mass is 221 g/mol. The fourth-order valence-electron chi connectivity index (χ4n) is 1.36. The van der Waals surface area contributed by atoms with Crippen LogP contribution in [0.3, 0.4) is 0 Å². The van der Waals surface area contributed by atoms with Crippen LogP contribution in [0.25, 0.3) is 0 Å². The lowest BCUT2D eigenvalue weighted by Gasteiger charge is -2.01. The van der Waals surface area contributed by atoms with Crippen molar-refractivity contribution in [3.63, 3.8) is 0 Å². The molecular weight excluding hydrogens is 206 g/mol. The number of oxazole rings is 1. The normalized spacial score (nSPS) is 10.9. The molecule has 0 saturated carbocycles. The van der Waals surface area contributed by atoms with Crippen LogP contribution in [0.2, 0.25) is 0 Å². The molecule has 0 amide bonds. The van der Waals surface area contributed by atoms with Gasteiger partial charge >= 0.3 is 0 Å². The van der Waals surface area contributed by atoms with Crippen molar-refractivity contribution >= 4 is 0 Å². The summed E-state index contributed by atoms with van der Waals surface area (Å²) in [5.74, 6) is 1.61. The minimum Gasteiger partial charge on any atom is -0.444 e. The Morgan fingerprint density at radius 2 is 2.31 bits per heavy atom. The van der Waals surface area contributed by atoms with E-state index in [9.17, 15) is 0 Å². The molecule has 2 rings (SSSR count). The van der Waals surface area contributed by atoms with E-state index in [1.165, 1.54) is 0 Å². The highest BCUT2D eigenvalue weighted by atomic mass is 16.4. The Morgan fingerprint density at radius 1 is 1.44 bits per heavy atom. The second-order valence-corrected chi connectivity index (χ2v) is 3.59. The van der Waals surface area contributed by atoms with E-state index in [0.29, 0.717) is 6.54 Å². The quantitative estimate of drug-likeness (QED) is 0.752. The van der Waals surface area contributed by atoms with Crippen LogP contribution in [0.15, 0.2) is 16.8 Å². The molecule has 0 aliphatic carbocycles. The number of hydrogen-bond acceptors (Lipinski definition) is 5. The third-order valence-corrected chi connectivity index (χ3v) is 2.34. The van der Waals surface area contributed by atoms with E-state index < -0.39 is 0 Å². The molecule has 0 fully saturated rings. The van der Waals surface area contributed by atoms with Gasteiger partial charge in [-0.2, -0.15) is 0 Å². The molecule has 0 saturated heterocycles. The predicted molar refractivity (Wildman–Crippen MR) is 57.7 cm³/mol. The van der Waals surface area contributed by atoms with Crippen LogP contribution in [0, 0.1) is 13.8 Å². The van der Waals surface area contributed by atoms with Gasteiger partial charge in [-0.1, -0.05) is 5.21 Å². The van der Waals surface area contributed by atoms with Crippen LogP contribution < -0.4 is 5.32 Å². The lowest BCUT2D eigenvalue weighted by molar-refractivity contribution is 0.440. The van der Waals surface area contributed by atoms with Gasteiger partial charge in [-0.15, -0.1) is 5.10 Å². The number of rotatable bonds is 5. The second-order valence-electron chi connectivity index (χ2n) is 3.59. The van der Waals surface area contributed by atoms with Gasteiger partial charge < -0.3 is 9.73 Å². The van der Waals surface area contributed by atoms with E-state index in [0.717, 1.165) is 30.4 Å². The van der Waals surface area contributed by atoms with Gasteiger partial charge in [-0.25, -0.2) is 4.98 Å². The molecular formula is C10H15N5O. The smallest absolute Gasteiger partial charge is 0.208 e. The molecule has 16 heavy (non-hydrogen) atoms. The van der Waals surface area contributed by atoms with Crippen molar-refractivity contribution < 1.29 is 4.42 Å². The SMILES string of the molecule is Cc1nc(CNCCn2ccnn2)oc1C. The first kappa shape index (κ1) is 10.8. The summed E-state index contributed by atoms with van der Waals surface area (Å²) in [5.41, 5.74) is 0.952. The zero-order valence-electron chi connectivity index (χ0n) is 9.47. The van der Waals surface area contributed by atoms with Gasteiger partial charge in [0.25, 0.3) is 0 Å². The maximum atomic E-state index is 5.44. The summed E-state index contributed by atoms with van der Waals surface area (Å²) in [4.78, 5) is 4.28. The summed E-state index contributed by atoms with van der Waals surface area (Å²) < 4.78 is 7.22. The first-order valence-electron chi connectivity index (χ1n) is 5.23. The maximum Gasteiger partial charge on any atom is 0.208 e. The van der Waals surface area contributed by atoms with Crippen LogP contribution in [-0.2, 0) is 13.1 Å². The van der Waals surface area contributed by atoms with Gasteiger partial charge in [0.05, 0.1) is 25.0 Å². The van der Waals surface area contributed by atoms with Gasteiger partial charge in [-0.3, -0.25) is 4.68 Å². The number of aromatic nitrogens is 4. The van der Waals surface area contributed by atoms with Crippen molar-refractivity contribution in [2.24, 2.45) is 0 Å². The fraction of sp³-hybridized carbons (Fsp3) is 0.500. The van der Waals surface area contributed by atoms with E-state index in [1.54, 1.807) is 10.9 Å². The zero-order valence-corrected chi connectivity index (χ0v) is 9.47. The van der Waals surface area contributed by atoms with Crippen LogP contribution in [0.1, 0.15) is 17.3 Å². The molecule has 6 heteroatoms. The fourth-order valence-corrected chi connectivity index (χ4v) is 1.36. The molecule has 0 atom stereocenters. The Labute approximate surface area is 93.7 Å². The average molecular weight is 221 g/mol. The van der Waals surface area contributed by atoms with Crippen LogP contribution >= 0.6 is 0 Å². The summed E-state index contributed by atoms with van der Waals surface area (Å²) >= 11 is 0. The van der Waals surface area contributed by atoms with Crippen molar-refractivity contribution in [3.8, 4) is 0 Å². The molecule has 86 valence electrons. The van der Waals surface area contributed by atoms with E-state index in [-0.39, 0.29) is 0 Å². The van der Waals surface area contributed by atoms with Crippen LogP contribution in [0.4, 0.5) is 0 Å². The Hall–Kier alpha value is -1.69. The minimum absolute atomic E-state index is 0.642. The Balaban J connectivity index is 1.72. The second kappa shape index (κ2) is 4.89. The average Bonchev–Trinajstić information content (AvgIpc) is 2.85. The third-order valence-electron chi connectivity index (χ3n) is 2.34. The largest absolute Gasteiger partial charge is 0.444 e. The van der Waals surface area contributed by atoms with E-state index in [2.05, 4.69) is 20.6 Å². The molecule has 0 aliphatic rings. The highest BCUT2D eigenvalue weighted by molar-refractivity contribution is 5.04. The van der Waals surface area contributed by atoms with Crippen molar-refractivity contribution in [2.45, 2.75) is 26.9 Å². The molecule has 2 heterocycles. The summed E-state index contributed by atoms with van der Waals surface area (Å²) in [6.45, 7) is 6.10. The first-order chi connectivity index (χ1) is 7.75. The summed E-state index contributed by atoms with van der Waals surface area (Å²) in [7, 11) is 0. The topological polar surface area (TPSA) is 68.8 Å². The molecule has 1 N–H and O–H groups in total. The molecule has 0 unspecified atom stereocenters. The van der Waals surface area contributed by atoms with Gasteiger partial charge in [-0.05, 0) is 13.8 Å². The highest BCUT2D eigenvalue weighted by Gasteiger charge is 2.04. The molecule has 0 radical (unpaired) electrons. The lowest BCUT2D eigenvalue weighted by Crippen LogP contribution is -2.20. The minimum atomic E-state index is 0.642. The van der Waals surface area contributed by atoms with E-state index in [4.69, 9.17) is 4.42 Å². The molecule has 0 bridgehead atoms. The molecule has 0 aliphatic heterocycles. The molecule has 0 spiro atoms. The number of hydrogen-bond donors (Lipinski definition) is 1. The van der Waals surface area contributed by atoms with E-state index >= 15 is 0 Å². The van der Waals surface area contributed by atoms with Gasteiger partial charge in [0.15, 0.2) is 0 Å². The predicted octanol–water partition coefficient (Wildman–Crippen LogP) is 0.673. The molecule has 0 aromatic carbocycles. The number of aryl methyl sites for hydroxylation is 2. The van der Waals surface area contributed by atoms with Crippen LogP contribution in [-0.4, -0.2) is 26.5 Å². The summed E-state index contributed by atoms with van der Waals surface area (Å²) in [6.07, 6.45) is 3.50. The molecule has 6 nitrogen and oxygen atoms in total. The highest BCUT2D eigenvalue weighted by Crippen LogP contribution is 2.07. The van der Waals surface area contributed by atoms with Gasteiger partial charge in [0.1, 0.15) is 5.76 Å². The first-order valence-corrected chi connectivity index (χ1v) is 5.23. The Bertz CT molecular complexity index is 415. The molecule has 2 aromatic rings. The summed E-state index contributed by atoms with van der Waals surface area (Å²) in [6, 6.07) is 0. The Morgan fingerprint density at radius 3 is 2.94 bits per heavy atom. The third kappa shape index (κ3) is 2.66. The maximum absolute atomic E-state index is 5.44. The standard InChI is InChI=1S/C10H15N5O/c1-8-9(2)16-10(13-8)7-11-3-5-15-6-4-12-14-15/h4,6,11H,3,5,7H2,1-2H3. The van der Waals surface area contributed by atoms with Crippen molar-refractivity contribution in [1.29, 1.82) is 0 Å². The van der Waals surface area contributed by atoms with E-state index in [1.807, 2.05) is 20.0 Å². The van der Waals surface area contributed by atoms with Crippen molar-refractivity contribution in [2.75, 3.05) is 6.54 Å². The van der Waals surface area contributed by atoms with Gasteiger partial charge in [0, 0.05) is 12.7 Å². The number of nitrogens with one attached hydrogen (secondary N) is 1. The van der Waals surface area contributed by atoms with Crippen LogP contribution in [0.5, 0.6) is 0 Å².